The summed E-state index contributed by atoms with van der Waals surface area (Å²) >= 11 is 5.97. The van der Waals surface area contributed by atoms with E-state index < -0.39 is 10.0 Å². The fourth-order valence-electron chi connectivity index (χ4n) is 2.06. The monoisotopic (exact) mass is 349 g/mol. The Hall–Kier alpha value is -2.29. The summed E-state index contributed by atoms with van der Waals surface area (Å²) in [5.41, 5.74) is 1.27. The van der Waals surface area contributed by atoms with Crippen LogP contribution in [0.5, 0.6) is 0 Å². The quantitative estimate of drug-likeness (QED) is 0.441. The second-order valence-electron chi connectivity index (χ2n) is 4.81. The second-order valence-corrected chi connectivity index (χ2v) is 6.98. The number of hydrazine groups is 1. The number of pyridine rings is 1. The van der Waals surface area contributed by atoms with E-state index >= 15 is 0 Å². The van der Waals surface area contributed by atoms with Gasteiger partial charge in [-0.15, -0.1) is 0 Å². The first-order chi connectivity index (χ1) is 10.9. The topological polar surface area (TPSA) is 102 Å². The molecule has 0 aliphatic carbocycles. The van der Waals surface area contributed by atoms with Crippen molar-refractivity contribution >= 4 is 38.3 Å². The number of nitrogens with two attached hydrogens (primary N) is 1. The highest BCUT2D eigenvalue weighted by Crippen LogP contribution is 2.28. The Bertz CT molecular complexity index is 976. The first kappa shape index (κ1) is 15.6. The van der Waals surface area contributed by atoms with Gasteiger partial charge in [0, 0.05) is 11.6 Å². The van der Waals surface area contributed by atoms with Gasteiger partial charge in [-0.05, 0) is 25.1 Å². The predicted molar refractivity (Wildman–Crippen MR) is 87.4 cm³/mol. The van der Waals surface area contributed by atoms with Crippen molar-refractivity contribution in [3.8, 4) is 0 Å². The van der Waals surface area contributed by atoms with E-state index in [1.54, 1.807) is 18.2 Å². The number of fused-ring (bicyclic) bond motifs is 1. The number of benzene rings is 1. The fraction of sp³-hybridized carbons (Fsp3) is 0.0714. The van der Waals surface area contributed by atoms with Crippen LogP contribution in [0.1, 0.15) is 5.56 Å². The molecule has 2 aromatic heterocycles. The maximum Gasteiger partial charge on any atom is 0.278 e. The number of rotatable bonds is 3. The van der Waals surface area contributed by atoms with E-state index in [9.17, 15) is 8.42 Å². The Labute approximate surface area is 137 Å². The number of halogens is 1. The van der Waals surface area contributed by atoms with E-state index in [2.05, 4.69) is 15.0 Å². The highest BCUT2D eigenvalue weighted by molar-refractivity contribution is 7.92. The number of aryl methyl sites for hydroxylation is 1. The highest BCUT2D eigenvalue weighted by atomic mass is 35.5. The molecule has 0 spiro atoms. The number of nitrogens with zero attached hydrogens (tertiary/aromatic N) is 4. The fourth-order valence-corrected chi connectivity index (χ4v) is 3.34. The van der Waals surface area contributed by atoms with Crippen LogP contribution in [0.4, 0.5) is 5.82 Å². The van der Waals surface area contributed by atoms with E-state index in [1.807, 2.05) is 6.92 Å². The average Bonchev–Trinajstić information content (AvgIpc) is 2.54. The molecule has 0 aliphatic rings. The Balaban J connectivity index is 2.15. The maximum absolute atomic E-state index is 12.7. The minimum Gasteiger partial charge on any atom is -0.242 e. The van der Waals surface area contributed by atoms with Crippen LogP contribution >= 0.6 is 11.6 Å². The minimum absolute atomic E-state index is 0.0277. The van der Waals surface area contributed by atoms with E-state index in [0.29, 0.717) is 15.3 Å². The summed E-state index contributed by atoms with van der Waals surface area (Å²) in [7, 11) is -3.96. The zero-order valence-corrected chi connectivity index (χ0v) is 13.6. The summed E-state index contributed by atoms with van der Waals surface area (Å²) < 4.78 is 26.0. The van der Waals surface area contributed by atoms with E-state index in [1.165, 1.54) is 24.7 Å². The minimum atomic E-state index is -3.96. The Morgan fingerprint density at radius 3 is 2.48 bits per heavy atom. The molecule has 3 rings (SSSR count). The number of hydrogen-bond acceptors (Lipinski definition) is 6. The lowest BCUT2D eigenvalue weighted by atomic mass is 10.2. The third-order valence-electron chi connectivity index (χ3n) is 3.27. The molecule has 0 unspecified atom stereocenters. The smallest absolute Gasteiger partial charge is 0.242 e. The van der Waals surface area contributed by atoms with Crippen molar-refractivity contribution < 1.29 is 8.42 Å². The maximum atomic E-state index is 12.7. The first-order valence-electron chi connectivity index (χ1n) is 6.53. The van der Waals surface area contributed by atoms with Crippen LogP contribution in [-0.4, -0.2) is 23.4 Å². The van der Waals surface area contributed by atoms with Crippen molar-refractivity contribution in [3.05, 3.63) is 53.6 Å². The molecule has 2 heterocycles. The second kappa shape index (κ2) is 5.73. The summed E-state index contributed by atoms with van der Waals surface area (Å²) in [4.78, 5) is 12.0. The van der Waals surface area contributed by atoms with Gasteiger partial charge in [-0.1, -0.05) is 29.3 Å². The van der Waals surface area contributed by atoms with Crippen LogP contribution in [0.25, 0.3) is 10.9 Å². The van der Waals surface area contributed by atoms with Crippen molar-refractivity contribution in [3.63, 3.8) is 0 Å². The predicted octanol–water partition coefficient (Wildman–Crippen LogP) is 2.06. The van der Waals surface area contributed by atoms with Crippen molar-refractivity contribution in [1.29, 1.82) is 0 Å². The van der Waals surface area contributed by atoms with Crippen LogP contribution in [0.15, 0.2) is 47.8 Å². The Morgan fingerprint density at radius 2 is 1.78 bits per heavy atom. The summed E-state index contributed by atoms with van der Waals surface area (Å²) in [6, 6.07) is 7.92. The van der Waals surface area contributed by atoms with E-state index in [4.69, 9.17) is 17.4 Å². The molecular formula is C14H12ClN5O2S. The molecule has 0 bridgehead atoms. The van der Waals surface area contributed by atoms with Crippen molar-refractivity contribution in [2.45, 2.75) is 11.8 Å². The molecule has 0 aliphatic heterocycles. The Morgan fingerprint density at radius 1 is 1.09 bits per heavy atom. The van der Waals surface area contributed by atoms with Crippen LogP contribution in [0.3, 0.4) is 0 Å². The molecule has 0 saturated heterocycles. The number of aromatic nitrogens is 3. The van der Waals surface area contributed by atoms with E-state index in [0.717, 1.165) is 5.56 Å². The van der Waals surface area contributed by atoms with Crippen molar-refractivity contribution in [1.82, 2.24) is 15.0 Å². The summed E-state index contributed by atoms with van der Waals surface area (Å²) in [6.45, 7) is 1.86. The van der Waals surface area contributed by atoms with Gasteiger partial charge in [0.1, 0.15) is 11.8 Å². The van der Waals surface area contributed by atoms with E-state index in [-0.39, 0.29) is 15.9 Å². The molecule has 0 amide bonds. The van der Waals surface area contributed by atoms with Crippen LogP contribution < -0.4 is 10.3 Å². The standard InChI is InChI=1S/C14H12ClN5O2S/c1-9-2-4-10(5-3-9)23(21,22)20(16)14-11-6-7-17-13(15)12(11)18-8-19-14/h2-8H,16H2,1H3. The lowest BCUT2D eigenvalue weighted by Crippen LogP contribution is -2.38. The van der Waals surface area contributed by atoms with Gasteiger partial charge in [-0.3, -0.25) is 0 Å². The Kier molecular flexibility index (Phi) is 3.88. The summed E-state index contributed by atoms with van der Waals surface area (Å²) in [6.07, 6.45) is 2.62. The molecule has 1 aromatic carbocycles. The van der Waals surface area contributed by atoms with Gasteiger partial charge in [0.25, 0.3) is 10.0 Å². The van der Waals surface area contributed by atoms with Crippen molar-refractivity contribution in [2.75, 3.05) is 4.41 Å². The molecular weight excluding hydrogens is 338 g/mol. The largest absolute Gasteiger partial charge is 0.278 e. The zero-order valence-electron chi connectivity index (χ0n) is 12.0. The van der Waals surface area contributed by atoms with Gasteiger partial charge in [-0.25, -0.2) is 20.8 Å². The lowest BCUT2D eigenvalue weighted by Gasteiger charge is -2.19. The van der Waals surface area contributed by atoms with Gasteiger partial charge in [0.05, 0.1) is 4.90 Å². The molecule has 118 valence electrons. The number of hydrogen-bond donors (Lipinski definition) is 1. The van der Waals surface area contributed by atoms with Gasteiger partial charge >= 0.3 is 0 Å². The molecule has 0 radical (unpaired) electrons. The highest BCUT2D eigenvalue weighted by Gasteiger charge is 2.25. The van der Waals surface area contributed by atoms with Gasteiger partial charge in [0.2, 0.25) is 0 Å². The van der Waals surface area contributed by atoms with Crippen LogP contribution in [-0.2, 0) is 10.0 Å². The van der Waals surface area contributed by atoms with Gasteiger partial charge in [0.15, 0.2) is 11.0 Å². The third-order valence-corrected chi connectivity index (χ3v) is 5.11. The number of sulfonamides is 1. The third kappa shape index (κ3) is 2.72. The first-order valence-corrected chi connectivity index (χ1v) is 8.35. The van der Waals surface area contributed by atoms with Crippen LogP contribution in [0, 0.1) is 6.92 Å². The molecule has 0 fully saturated rings. The van der Waals surface area contributed by atoms with Gasteiger partial charge in [-0.2, -0.15) is 12.8 Å². The molecule has 7 nitrogen and oxygen atoms in total. The molecule has 0 atom stereocenters. The number of anilines is 1. The molecule has 9 heteroatoms. The summed E-state index contributed by atoms with van der Waals surface area (Å²) in [5.74, 6) is 5.88. The molecule has 3 aromatic rings. The van der Waals surface area contributed by atoms with Crippen LogP contribution in [0.2, 0.25) is 5.15 Å². The molecule has 2 N–H and O–H groups in total. The normalized spacial score (nSPS) is 11.6. The lowest BCUT2D eigenvalue weighted by molar-refractivity contribution is 0.591. The summed E-state index contributed by atoms with van der Waals surface area (Å²) in [5, 5.41) is 0.540. The SMILES string of the molecule is Cc1ccc(S(=O)(=O)N(N)c2ncnc3c(Cl)nccc23)cc1. The zero-order chi connectivity index (χ0) is 16.6. The van der Waals surface area contributed by atoms with Crippen molar-refractivity contribution in [2.24, 2.45) is 5.84 Å². The average molecular weight is 350 g/mol. The molecule has 0 saturated carbocycles. The molecule has 23 heavy (non-hydrogen) atoms. The van der Waals surface area contributed by atoms with Gasteiger partial charge < -0.3 is 0 Å².